The van der Waals surface area contributed by atoms with Crippen LogP contribution in [-0.2, 0) is 4.74 Å². The molecule has 0 bridgehead atoms. The Balaban J connectivity index is 2.82. The molecule has 1 rings (SSSR count). The Labute approximate surface area is 99.1 Å². The first-order valence-electron chi connectivity index (χ1n) is 4.39. The summed E-state index contributed by atoms with van der Waals surface area (Å²) in [7, 11) is 1.51. The average molecular weight is 247 g/mol. The first-order valence-corrected chi connectivity index (χ1v) is 5.15. The minimum atomic E-state index is -0.720. The van der Waals surface area contributed by atoms with E-state index in [1.807, 2.05) is 0 Å². The van der Waals surface area contributed by atoms with Gasteiger partial charge < -0.3 is 9.84 Å². The van der Waals surface area contributed by atoms with E-state index in [1.165, 1.54) is 7.11 Å². The maximum atomic E-state index is 9.83. The second-order valence-corrected chi connectivity index (χ2v) is 3.97. The Morgan fingerprint density at radius 1 is 1.53 bits per heavy atom. The molecule has 0 saturated heterocycles. The van der Waals surface area contributed by atoms with Gasteiger partial charge in [-0.15, -0.1) is 0 Å². The second kappa shape index (κ2) is 5.40. The summed E-state index contributed by atoms with van der Waals surface area (Å²) in [4.78, 5) is 0. The van der Waals surface area contributed by atoms with E-state index < -0.39 is 6.10 Å². The van der Waals surface area contributed by atoms with Crippen molar-refractivity contribution in [2.75, 3.05) is 7.11 Å². The zero-order chi connectivity index (χ0) is 11.4. The number of methoxy groups -OCH3 is 1. The Morgan fingerprint density at radius 3 is 2.73 bits per heavy atom. The molecule has 0 amide bonds. The van der Waals surface area contributed by atoms with Crippen LogP contribution in [0.3, 0.4) is 0 Å². The maximum absolute atomic E-state index is 9.83. The summed E-state index contributed by atoms with van der Waals surface area (Å²) in [6.45, 7) is 3.63. The van der Waals surface area contributed by atoms with Crippen LogP contribution in [0, 0.1) is 0 Å². The number of hydrogen-bond donors (Lipinski definition) is 1. The molecule has 0 unspecified atom stereocenters. The van der Waals surface area contributed by atoms with E-state index in [1.54, 1.807) is 18.2 Å². The van der Waals surface area contributed by atoms with Crippen molar-refractivity contribution in [3.63, 3.8) is 0 Å². The topological polar surface area (TPSA) is 29.5 Å². The third-order valence-corrected chi connectivity index (χ3v) is 2.59. The average Bonchev–Trinajstić information content (AvgIpc) is 2.17. The number of aliphatic hydroxyl groups is 1. The molecule has 1 aromatic rings. The van der Waals surface area contributed by atoms with Crippen LogP contribution in [0.25, 0.3) is 0 Å². The van der Waals surface area contributed by atoms with E-state index in [0.29, 0.717) is 27.8 Å². The van der Waals surface area contributed by atoms with Crippen molar-refractivity contribution >= 4 is 23.2 Å². The number of hydrogen-bond acceptors (Lipinski definition) is 2. The van der Waals surface area contributed by atoms with E-state index in [0.717, 1.165) is 0 Å². The minimum Gasteiger partial charge on any atom is -0.502 e. The van der Waals surface area contributed by atoms with Gasteiger partial charge in [-0.1, -0.05) is 35.8 Å². The number of rotatable bonds is 4. The zero-order valence-corrected chi connectivity index (χ0v) is 9.85. The van der Waals surface area contributed by atoms with Gasteiger partial charge in [0.25, 0.3) is 0 Å². The van der Waals surface area contributed by atoms with E-state index in [9.17, 15) is 5.11 Å². The number of aliphatic hydroxyl groups excluding tert-OH is 1. The Bertz CT molecular complexity index is 364. The Hall–Kier alpha value is -0.700. The van der Waals surface area contributed by atoms with Crippen LogP contribution >= 0.6 is 23.2 Å². The van der Waals surface area contributed by atoms with Gasteiger partial charge in [0.2, 0.25) is 0 Å². The van der Waals surface area contributed by atoms with Crippen molar-refractivity contribution < 1.29 is 9.84 Å². The van der Waals surface area contributed by atoms with Crippen molar-refractivity contribution in [1.29, 1.82) is 0 Å². The molecule has 1 atom stereocenters. The van der Waals surface area contributed by atoms with Gasteiger partial charge in [0, 0.05) is 16.5 Å². The summed E-state index contributed by atoms with van der Waals surface area (Å²) >= 11 is 11.7. The van der Waals surface area contributed by atoms with Gasteiger partial charge in [0.1, 0.15) is 0 Å². The van der Waals surface area contributed by atoms with Gasteiger partial charge in [0.05, 0.1) is 19.0 Å². The van der Waals surface area contributed by atoms with Crippen molar-refractivity contribution in [3.8, 4) is 0 Å². The molecule has 0 aliphatic carbocycles. The van der Waals surface area contributed by atoms with E-state index in [2.05, 4.69) is 6.58 Å². The predicted molar refractivity (Wildman–Crippen MR) is 62.2 cm³/mol. The van der Waals surface area contributed by atoms with Gasteiger partial charge in [-0.05, 0) is 17.7 Å². The molecule has 82 valence electrons. The van der Waals surface area contributed by atoms with Crippen molar-refractivity contribution in [2.45, 2.75) is 12.5 Å². The molecule has 0 aliphatic rings. The van der Waals surface area contributed by atoms with Crippen LogP contribution in [0.1, 0.15) is 18.1 Å². The third kappa shape index (κ3) is 3.42. The molecule has 0 aliphatic heterocycles. The molecule has 2 nitrogen and oxygen atoms in total. The molecule has 0 radical (unpaired) electrons. The highest BCUT2D eigenvalue weighted by atomic mass is 35.5. The minimum absolute atomic E-state index is 0.317. The quantitative estimate of drug-likeness (QED) is 0.824. The highest BCUT2D eigenvalue weighted by Gasteiger charge is 2.13. The van der Waals surface area contributed by atoms with Crippen LogP contribution in [0.4, 0.5) is 0 Å². The second-order valence-electron chi connectivity index (χ2n) is 3.13. The monoisotopic (exact) mass is 246 g/mol. The lowest BCUT2D eigenvalue weighted by molar-refractivity contribution is 0.150. The molecule has 0 aromatic heterocycles. The normalized spacial score (nSPS) is 12.3. The summed E-state index contributed by atoms with van der Waals surface area (Å²) < 4.78 is 4.88. The Kier molecular flexibility index (Phi) is 4.45. The number of benzene rings is 1. The molecule has 0 saturated carbocycles. The number of halogens is 2. The van der Waals surface area contributed by atoms with Gasteiger partial charge in [-0.25, -0.2) is 0 Å². The van der Waals surface area contributed by atoms with Crippen LogP contribution in [0.5, 0.6) is 0 Å². The summed E-state index contributed by atoms with van der Waals surface area (Å²) in [6, 6.07) is 4.97. The molecule has 4 heteroatoms. The largest absolute Gasteiger partial charge is 0.502 e. The molecule has 0 spiro atoms. The van der Waals surface area contributed by atoms with Crippen molar-refractivity contribution in [1.82, 2.24) is 0 Å². The number of ether oxygens (including phenoxy) is 1. The first-order chi connectivity index (χ1) is 7.04. The smallest absolute Gasteiger partial charge is 0.0913 e. The fourth-order valence-corrected chi connectivity index (χ4v) is 1.72. The highest BCUT2D eigenvalue weighted by Crippen LogP contribution is 2.29. The fraction of sp³-hybridized carbons (Fsp3) is 0.273. The fourth-order valence-electron chi connectivity index (χ4n) is 1.18. The van der Waals surface area contributed by atoms with E-state index in [4.69, 9.17) is 27.9 Å². The van der Waals surface area contributed by atoms with Crippen LogP contribution < -0.4 is 0 Å². The third-order valence-electron chi connectivity index (χ3n) is 2.03. The Morgan fingerprint density at radius 2 is 2.20 bits per heavy atom. The SMILES string of the molecule is C=C(C[C@H](O)c1ccc(Cl)cc1Cl)OC. The maximum Gasteiger partial charge on any atom is 0.0913 e. The summed E-state index contributed by atoms with van der Waals surface area (Å²) in [5.41, 5.74) is 0.624. The van der Waals surface area contributed by atoms with Gasteiger partial charge >= 0.3 is 0 Å². The summed E-state index contributed by atoms with van der Waals surface area (Å²) in [6.07, 6.45) is -0.403. The lowest BCUT2D eigenvalue weighted by Gasteiger charge is -2.13. The molecular formula is C11H12Cl2O2. The van der Waals surface area contributed by atoms with Crippen molar-refractivity contribution in [3.05, 3.63) is 46.1 Å². The zero-order valence-electron chi connectivity index (χ0n) is 8.34. The van der Waals surface area contributed by atoms with Crippen LogP contribution in [-0.4, -0.2) is 12.2 Å². The van der Waals surface area contributed by atoms with Crippen LogP contribution in [0.2, 0.25) is 10.0 Å². The van der Waals surface area contributed by atoms with Gasteiger partial charge in [-0.3, -0.25) is 0 Å². The lowest BCUT2D eigenvalue weighted by Crippen LogP contribution is -2.00. The molecule has 15 heavy (non-hydrogen) atoms. The molecular weight excluding hydrogens is 235 g/mol. The van der Waals surface area contributed by atoms with E-state index in [-0.39, 0.29) is 0 Å². The predicted octanol–water partition coefficient (Wildman–Crippen LogP) is 3.58. The lowest BCUT2D eigenvalue weighted by atomic mass is 10.1. The standard InChI is InChI=1S/C11H12Cl2O2/c1-7(15-2)5-11(14)9-4-3-8(12)6-10(9)13/h3-4,6,11,14H,1,5H2,2H3/t11-/m0/s1. The highest BCUT2D eigenvalue weighted by molar-refractivity contribution is 6.35. The molecule has 1 N–H and O–H groups in total. The molecule has 0 fully saturated rings. The molecule has 0 heterocycles. The van der Waals surface area contributed by atoms with Gasteiger partial charge in [-0.2, -0.15) is 0 Å². The van der Waals surface area contributed by atoms with Crippen LogP contribution in [0.15, 0.2) is 30.5 Å². The summed E-state index contributed by atoms with van der Waals surface area (Å²) in [5, 5.41) is 10.8. The first kappa shape index (κ1) is 12.4. The van der Waals surface area contributed by atoms with E-state index >= 15 is 0 Å². The molecule has 1 aromatic carbocycles. The van der Waals surface area contributed by atoms with Gasteiger partial charge in [0.15, 0.2) is 0 Å². The van der Waals surface area contributed by atoms with Crippen molar-refractivity contribution in [2.24, 2.45) is 0 Å². The summed E-state index contributed by atoms with van der Waals surface area (Å²) in [5.74, 6) is 0.508.